The van der Waals surface area contributed by atoms with E-state index in [0.29, 0.717) is 19.3 Å². The first-order valence-electron chi connectivity index (χ1n) is 15.6. The fraction of sp³-hybridized carbons (Fsp3) is 0.500. The zero-order valence-electron chi connectivity index (χ0n) is 27.9. The molecule has 1 aromatic carbocycles. The third kappa shape index (κ3) is 6.13. The van der Waals surface area contributed by atoms with E-state index in [0.717, 1.165) is 28.4 Å². The Labute approximate surface area is 263 Å². The second kappa shape index (κ2) is 13.1. The van der Waals surface area contributed by atoms with Crippen molar-refractivity contribution in [3.05, 3.63) is 75.9 Å². The second-order valence-corrected chi connectivity index (χ2v) is 14.0. The molecule has 6 nitrogen and oxygen atoms in total. The number of rotatable bonds is 10. The molecule has 2 aliphatic rings. The van der Waals surface area contributed by atoms with Crippen LogP contribution in [0.5, 0.6) is 11.5 Å². The van der Waals surface area contributed by atoms with E-state index in [9.17, 15) is 20.1 Å². The highest BCUT2D eigenvalue weighted by atomic mass is 16.3. The standard InChI is InChI=1S/C38H50O6/c1-23(2)11-10-18-36(9)28(14-12-24(3)4)22-37(19-16-25(5)6)33(42)31(32(41)27-13-15-29(39)30(40)21-27)34(43)38(36,35(37)44)20-17-26(7)8/h11-13,15-17,21,28,39-41H,10,14,18-20,22H2,1-9H3/b32-31+/t28-,36?,37?,38?/m0/s1. The average Bonchev–Trinajstić information content (AvgIpc) is 2.92. The Morgan fingerprint density at radius 3 is 1.91 bits per heavy atom. The first-order chi connectivity index (χ1) is 20.4. The molecule has 0 saturated heterocycles. The van der Waals surface area contributed by atoms with E-state index in [1.807, 2.05) is 74.5 Å². The molecule has 3 unspecified atom stereocenters. The fourth-order valence-corrected chi connectivity index (χ4v) is 7.12. The van der Waals surface area contributed by atoms with Gasteiger partial charge >= 0.3 is 0 Å². The van der Waals surface area contributed by atoms with Crippen LogP contribution in [0.1, 0.15) is 106 Å². The van der Waals surface area contributed by atoms with E-state index in [2.05, 4.69) is 12.2 Å². The maximum Gasteiger partial charge on any atom is 0.184 e. The Hall–Kier alpha value is -3.67. The highest BCUT2D eigenvalue weighted by Gasteiger charge is 2.74. The minimum absolute atomic E-state index is 0.0199. The number of ketones is 3. The van der Waals surface area contributed by atoms with Crippen LogP contribution in [0.25, 0.3) is 5.76 Å². The number of allylic oxidation sites excluding steroid dienone is 9. The summed E-state index contributed by atoms with van der Waals surface area (Å²) in [7, 11) is 0. The zero-order chi connectivity index (χ0) is 33.2. The molecular weight excluding hydrogens is 552 g/mol. The molecule has 1 aromatic rings. The van der Waals surface area contributed by atoms with E-state index in [-0.39, 0.29) is 36.5 Å². The molecule has 0 aromatic heterocycles. The number of aliphatic hydroxyl groups is 1. The summed E-state index contributed by atoms with van der Waals surface area (Å²) in [5.74, 6) is -3.32. The van der Waals surface area contributed by atoms with Crippen LogP contribution in [-0.4, -0.2) is 32.7 Å². The Bertz CT molecular complexity index is 1480. The molecule has 0 heterocycles. The lowest BCUT2D eigenvalue weighted by Crippen LogP contribution is -2.70. The summed E-state index contributed by atoms with van der Waals surface area (Å²) in [6.07, 6.45) is 10.4. The molecule has 2 aliphatic carbocycles. The fourth-order valence-electron chi connectivity index (χ4n) is 7.12. The van der Waals surface area contributed by atoms with Crippen LogP contribution in [-0.2, 0) is 14.4 Å². The van der Waals surface area contributed by atoms with Crippen molar-refractivity contribution in [2.75, 3.05) is 0 Å². The Morgan fingerprint density at radius 2 is 1.36 bits per heavy atom. The van der Waals surface area contributed by atoms with Gasteiger partial charge in [-0.3, -0.25) is 14.4 Å². The SMILES string of the molecule is CC(C)=CCCC1(C)[C@@H](CC=C(C)C)CC2(CC=C(C)C)C(=O)/C(=C(\O)c3ccc(O)c(O)c3)C(=O)C1(CC=C(C)C)C2=O. The molecule has 2 saturated carbocycles. The van der Waals surface area contributed by atoms with Gasteiger partial charge in [-0.25, -0.2) is 0 Å². The Balaban J connectivity index is 2.51. The number of aromatic hydroxyl groups is 2. The van der Waals surface area contributed by atoms with Crippen molar-refractivity contribution < 1.29 is 29.7 Å². The van der Waals surface area contributed by atoms with Gasteiger partial charge in [-0.1, -0.05) is 53.5 Å². The lowest BCUT2D eigenvalue weighted by atomic mass is 9.37. The van der Waals surface area contributed by atoms with E-state index < -0.39 is 50.6 Å². The third-order valence-corrected chi connectivity index (χ3v) is 9.76. The van der Waals surface area contributed by atoms with Crippen LogP contribution >= 0.6 is 0 Å². The van der Waals surface area contributed by atoms with Crippen molar-refractivity contribution in [3.63, 3.8) is 0 Å². The molecule has 0 spiro atoms. The molecule has 2 bridgehead atoms. The highest BCUT2D eigenvalue weighted by molar-refractivity contribution is 6.41. The molecule has 0 aliphatic heterocycles. The van der Waals surface area contributed by atoms with Crippen molar-refractivity contribution in [2.24, 2.45) is 22.2 Å². The van der Waals surface area contributed by atoms with Crippen molar-refractivity contribution >= 4 is 23.1 Å². The van der Waals surface area contributed by atoms with Crippen LogP contribution < -0.4 is 0 Å². The van der Waals surface area contributed by atoms with Gasteiger partial charge in [0.15, 0.2) is 28.8 Å². The first-order valence-corrected chi connectivity index (χ1v) is 15.6. The number of hydrogen-bond donors (Lipinski definition) is 3. The molecule has 0 radical (unpaired) electrons. The summed E-state index contributed by atoms with van der Waals surface area (Å²) in [6.45, 7) is 17.8. The zero-order valence-corrected chi connectivity index (χ0v) is 27.9. The van der Waals surface area contributed by atoms with Gasteiger partial charge in [0.2, 0.25) is 0 Å². The van der Waals surface area contributed by atoms with Crippen molar-refractivity contribution in [1.82, 2.24) is 0 Å². The molecule has 44 heavy (non-hydrogen) atoms. The van der Waals surface area contributed by atoms with E-state index in [1.54, 1.807) is 0 Å². The number of phenols is 2. The van der Waals surface area contributed by atoms with Gasteiger partial charge in [0.05, 0.1) is 5.41 Å². The number of phenolic OH excluding ortho intramolecular Hbond substituents is 2. The second-order valence-electron chi connectivity index (χ2n) is 14.0. The number of aliphatic hydroxyl groups excluding tert-OH is 1. The van der Waals surface area contributed by atoms with E-state index >= 15 is 9.59 Å². The number of fused-ring (bicyclic) bond motifs is 2. The lowest BCUT2D eigenvalue weighted by Gasteiger charge is -2.61. The van der Waals surface area contributed by atoms with E-state index in [4.69, 9.17) is 0 Å². The Kier molecular flexibility index (Phi) is 10.4. The van der Waals surface area contributed by atoms with Crippen molar-refractivity contribution in [3.8, 4) is 11.5 Å². The maximum absolute atomic E-state index is 15.2. The summed E-state index contributed by atoms with van der Waals surface area (Å²) < 4.78 is 0. The summed E-state index contributed by atoms with van der Waals surface area (Å²) in [5.41, 5.74) is -0.210. The molecule has 0 amide bonds. The van der Waals surface area contributed by atoms with Gasteiger partial charge in [-0.05, 0) is 123 Å². The van der Waals surface area contributed by atoms with Gasteiger partial charge in [0.1, 0.15) is 16.7 Å². The molecule has 3 rings (SSSR count). The topological polar surface area (TPSA) is 112 Å². The quantitative estimate of drug-likeness (QED) is 0.0616. The summed E-state index contributed by atoms with van der Waals surface area (Å²) in [4.78, 5) is 45.0. The maximum atomic E-state index is 15.2. The summed E-state index contributed by atoms with van der Waals surface area (Å²) >= 11 is 0. The van der Waals surface area contributed by atoms with Crippen molar-refractivity contribution in [1.29, 1.82) is 0 Å². The number of hydrogen-bond acceptors (Lipinski definition) is 6. The molecule has 6 heteroatoms. The summed E-state index contributed by atoms with van der Waals surface area (Å²) in [5, 5.41) is 31.8. The smallest absolute Gasteiger partial charge is 0.184 e. The molecular formula is C38H50O6. The number of carbonyl (C=O) groups excluding carboxylic acids is 3. The van der Waals surface area contributed by atoms with Gasteiger partial charge in [0.25, 0.3) is 0 Å². The Morgan fingerprint density at radius 1 is 0.795 bits per heavy atom. The third-order valence-electron chi connectivity index (χ3n) is 9.76. The minimum atomic E-state index is -1.61. The summed E-state index contributed by atoms with van der Waals surface area (Å²) in [6, 6.07) is 3.67. The predicted molar refractivity (Wildman–Crippen MR) is 176 cm³/mol. The molecule has 3 N–H and O–H groups in total. The number of benzene rings is 1. The lowest BCUT2D eigenvalue weighted by molar-refractivity contribution is -0.178. The normalized spacial score (nSPS) is 27.4. The molecule has 4 atom stereocenters. The van der Waals surface area contributed by atoms with Gasteiger partial charge in [-0.15, -0.1) is 0 Å². The van der Waals surface area contributed by atoms with Gasteiger partial charge in [-0.2, -0.15) is 0 Å². The van der Waals surface area contributed by atoms with Crippen LogP contribution in [0.15, 0.2) is 70.4 Å². The minimum Gasteiger partial charge on any atom is -0.506 e. The largest absolute Gasteiger partial charge is 0.506 e. The van der Waals surface area contributed by atoms with Gasteiger partial charge < -0.3 is 15.3 Å². The van der Waals surface area contributed by atoms with E-state index in [1.165, 1.54) is 12.1 Å². The number of Topliss-reactive ketones (excluding diaryl/α,β-unsaturated/α-hetero) is 3. The molecule has 2 fully saturated rings. The average molecular weight is 603 g/mol. The van der Waals surface area contributed by atoms with Gasteiger partial charge in [0, 0.05) is 5.56 Å². The van der Waals surface area contributed by atoms with Crippen LogP contribution in [0.3, 0.4) is 0 Å². The predicted octanol–water partition coefficient (Wildman–Crippen LogP) is 8.90. The monoisotopic (exact) mass is 602 g/mol. The first kappa shape index (κ1) is 34.8. The number of carbonyl (C=O) groups is 3. The van der Waals surface area contributed by atoms with Crippen molar-refractivity contribution in [2.45, 2.75) is 101 Å². The highest BCUT2D eigenvalue weighted by Crippen LogP contribution is 2.67. The van der Waals surface area contributed by atoms with Crippen LogP contribution in [0.4, 0.5) is 0 Å². The van der Waals surface area contributed by atoms with Crippen LogP contribution in [0, 0.1) is 22.2 Å². The molecule has 238 valence electrons. The van der Waals surface area contributed by atoms with Crippen LogP contribution in [0.2, 0.25) is 0 Å².